The van der Waals surface area contributed by atoms with Gasteiger partial charge in [0.1, 0.15) is 12.1 Å². The molecule has 2 N–H and O–H groups in total. The van der Waals surface area contributed by atoms with Crippen LogP contribution in [0.2, 0.25) is 0 Å². The predicted molar refractivity (Wildman–Crippen MR) is 51.4 cm³/mol. The molecule has 2 rings (SSSR count). The van der Waals surface area contributed by atoms with Crippen molar-refractivity contribution in [3.8, 4) is 0 Å². The van der Waals surface area contributed by atoms with E-state index in [2.05, 4.69) is 36.5 Å². The average Bonchev–Trinajstić information content (AvgIpc) is 2.20. The van der Waals surface area contributed by atoms with Gasteiger partial charge in [-0.3, -0.25) is 0 Å². The van der Waals surface area contributed by atoms with Crippen molar-refractivity contribution in [2.45, 2.75) is 19.1 Å². The lowest BCUT2D eigenvalue weighted by molar-refractivity contribution is -0.710. The third-order valence-electron chi connectivity index (χ3n) is 2.56. The van der Waals surface area contributed by atoms with E-state index in [9.17, 15) is 0 Å². The summed E-state index contributed by atoms with van der Waals surface area (Å²) in [5.41, 5.74) is 1.30. The van der Waals surface area contributed by atoms with Crippen LogP contribution in [0.3, 0.4) is 0 Å². The molecule has 0 saturated carbocycles. The molecule has 0 spiro atoms. The van der Waals surface area contributed by atoms with E-state index < -0.39 is 0 Å². The summed E-state index contributed by atoms with van der Waals surface area (Å²) in [6.07, 6.45) is 0.273. The Bertz CT molecular complexity index is 260. The van der Waals surface area contributed by atoms with Crippen LogP contribution in [0, 0.1) is 0 Å². The molecule has 1 aromatic carbocycles. The SMILES string of the molecule is C[C@@H]1[NH2+]CCO[C@H]1c1ccccc1. The smallest absolute Gasteiger partial charge is 0.134 e. The molecular formula is C11H16NO+. The topological polar surface area (TPSA) is 25.8 Å². The van der Waals surface area contributed by atoms with Crippen molar-refractivity contribution in [2.24, 2.45) is 0 Å². The van der Waals surface area contributed by atoms with E-state index in [0.717, 1.165) is 13.2 Å². The summed E-state index contributed by atoms with van der Waals surface area (Å²) in [5, 5.41) is 2.35. The van der Waals surface area contributed by atoms with Crippen LogP contribution in [0.25, 0.3) is 0 Å². The highest BCUT2D eigenvalue weighted by atomic mass is 16.5. The van der Waals surface area contributed by atoms with Crippen LogP contribution < -0.4 is 5.32 Å². The molecule has 2 atom stereocenters. The molecule has 0 bridgehead atoms. The molecule has 0 amide bonds. The minimum absolute atomic E-state index is 0.273. The molecule has 13 heavy (non-hydrogen) atoms. The zero-order chi connectivity index (χ0) is 9.10. The predicted octanol–water partition coefficient (Wildman–Crippen LogP) is 0.710. The highest BCUT2D eigenvalue weighted by Crippen LogP contribution is 2.20. The fourth-order valence-electron chi connectivity index (χ4n) is 1.84. The second-order valence-electron chi connectivity index (χ2n) is 3.59. The van der Waals surface area contributed by atoms with Crippen molar-refractivity contribution in [3.05, 3.63) is 35.9 Å². The minimum Gasteiger partial charge on any atom is -0.361 e. The first-order valence-corrected chi connectivity index (χ1v) is 4.88. The van der Waals surface area contributed by atoms with Crippen molar-refractivity contribution in [3.63, 3.8) is 0 Å². The van der Waals surface area contributed by atoms with Gasteiger partial charge in [-0.05, 0) is 12.5 Å². The molecule has 70 valence electrons. The maximum Gasteiger partial charge on any atom is 0.134 e. The van der Waals surface area contributed by atoms with Gasteiger partial charge in [0.05, 0.1) is 13.2 Å². The van der Waals surface area contributed by atoms with Crippen LogP contribution >= 0.6 is 0 Å². The standard InChI is InChI=1S/C11H15NO/c1-9-11(13-8-7-12-9)10-5-3-2-4-6-10/h2-6,9,11-12H,7-8H2,1H3/p+1/t9-,11+/m0/s1. The van der Waals surface area contributed by atoms with Gasteiger partial charge in [0.2, 0.25) is 0 Å². The lowest BCUT2D eigenvalue weighted by Crippen LogP contribution is -2.93. The second-order valence-corrected chi connectivity index (χ2v) is 3.59. The first-order chi connectivity index (χ1) is 6.38. The first-order valence-electron chi connectivity index (χ1n) is 4.88. The van der Waals surface area contributed by atoms with E-state index in [-0.39, 0.29) is 6.10 Å². The molecule has 0 aromatic heterocycles. The van der Waals surface area contributed by atoms with Gasteiger partial charge >= 0.3 is 0 Å². The summed E-state index contributed by atoms with van der Waals surface area (Å²) < 4.78 is 5.74. The van der Waals surface area contributed by atoms with Crippen LogP contribution in [-0.2, 0) is 4.74 Å². The van der Waals surface area contributed by atoms with E-state index in [4.69, 9.17) is 4.74 Å². The van der Waals surface area contributed by atoms with Crippen molar-refractivity contribution in [1.29, 1.82) is 0 Å². The molecule has 0 aliphatic carbocycles. The maximum absolute atomic E-state index is 5.74. The normalized spacial score (nSPS) is 28.7. The Labute approximate surface area is 78.9 Å². The lowest BCUT2D eigenvalue weighted by atomic mass is 10.0. The fraction of sp³-hybridized carbons (Fsp3) is 0.455. The van der Waals surface area contributed by atoms with Crippen molar-refractivity contribution >= 4 is 0 Å². The van der Waals surface area contributed by atoms with E-state index >= 15 is 0 Å². The number of rotatable bonds is 1. The largest absolute Gasteiger partial charge is 0.361 e. The molecule has 1 saturated heterocycles. The monoisotopic (exact) mass is 178 g/mol. The quantitative estimate of drug-likeness (QED) is 0.673. The van der Waals surface area contributed by atoms with Crippen LogP contribution in [0.1, 0.15) is 18.6 Å². The Kier molecular flexibility index (Phi) is 2.62. The molecule has 1 aliphatic rings. The zero-order valence-corrected chi connectivity index (χ0v) is 7.94. The Balaban J connectivity index is 2.15. The zero-order valence-electron chi connectivity index (χ0n) is 7.94. The highest BCUT2D eigenvalue weighted by molar-refractivity contribution is 5.18. The van der Waals surface area contributed by atoms with Gasteiger partial charge in [-0.15, -0.1) is 0 Å². The second kappa shape index (κ2) is 3.90. The van der Waals surface area contributed by atoms with Gasteiger partial charge in [0.15, 0.2) is 0 Å². The van der Waals surface area contributed by atoms with E-state index in [1.54, 1.807) is 0 Å². The van der Waals surface area contributed by atoms with Crippen molar-refractivity contribution in [1.82, 2.24) is 0 Å². The van der Waals surface area contributed by atoms with E-state index in [1.165, 1.54) is 5.56 Å². The lowest BCUT2D eigenvalue weighted by Gasteiger charge is -2.27. The van der Waals surface area contributed by atoms with Crippen LogP contribution in [0.5, 0.6) is 0 Å². The number of morpholine rings is 1. The molecule has 1 fully saturated rings. The van der Waals surface area contributed by atoms with Crippen LogP contribution in [0.4, 0.5) is 0 Å². The molecule has 1 aromatic rings. The Morgan fingerprint density at radius 1 is 1.31 bits per heavy atom. The van der Waals surface area contributed by atoms with Gasteiger partial charge in [-0.25, -0.2) is 0 Å². The van der Waals surface area contributed by atoms with Crippen molar-refractivity contribution < 1.29 is 10.1 Å². The van der Waals surface area contributed by atoms with E-state index in [0.29, 0.717) is 6.04 Å². The molecule has 2 heteroatoms. The van der Waals surface area contributed by atoms with Gasteiger partial charge < -0.3 is 10.1 Å². The first kappa shape index (κ1) is 8.73. The molecule has 1 aliphatic heterocycles. The van der Waals surface area contributed by atoms with Crippen LogP contribution in [0.15, 0.2) is 30.3 Å². The van der Waals surface area contributed by atoms with Gasteiger partial charge in [-0.1, -0.05) is 30.3 Å². The fourth-order valence-corrected chi connectivity index (χ4v) is 1.84. The van der Waals surface area contributed by atoms with E-state index in [1.807, 2.05) is 6.07 Å². The number of nitrogens with two attached hydrogens (primary N) is 1. The molecule has 0 unspecified atom stereocenters. The van der Waals surface area contributed by atoms with Gasteiger partial charge in [0.25, 0.3) is 0 Å². The van der Waals surface area contributed by atoms with Gasteiger partial charge in [-0.2, -0.15) is 0 Å². The van der Waals surface area contributed by atoms with Crippen LogP contribution in [-0.4, -0.2) is 19.2 Å². The third kappa shape index (κ3) is 1.90. The molecule has 2 nitrogen and oxygen atoms in total. The number of ether oxygens (including phenoxy) is 1. The Morgan fingerprint density at radius 2 is 2.08 bits per heavy atom. The number of quaternary nitrogens is 1. The molecule has 1 heterocycles. The number of hydrogen-bond donors (Lipinski definition) is 1. The molecular weight excluding hydrogens is 162 g/mol. The number of hydrogen-bond acceptors (Lipinski definition) is 1. The highest BCUT2D eigenvalue weighted by Gasteiger charge is 2.25. The Morgan fingerprint density at radius 3 is 2.77 bits per heavy atom. The third-order valence-corrected chi connectivity index (χ3v) is 2.56. The summed E-state index contributed by atoms with van der Waals surface area (Å²) in [6, 6.07) is 11.0. The summed E-state index contributed by atoms with van der Waals surface area (Å²) in [5.74, 6) is 0. The summed E-state index contributed by atoms with van der Waals surface area (Å²) in [6.45, 7) is 4.17. The van der Waals surface area contributed by atoms with Gasteiger partial charge in [0, 0.05) is 0 Å². The number of benzene rings is 1. The average molecular weight is 178 g/mol. The summed E-state index contributed by atoms with van der Waals surface area (Å²) in [7, 11) is 0. The summed E-state index contributed by atoms with van der Waals surface area (Å²) >= 11 is 0. The summed E-state index contributed by atoms with van der Waals surface area (Å²) in [4.78, 5) is 0. The maximum atomic E-state index is 5.74. The molecule has 0 radical (unpaired) electrons. The minimum atomic E-state index is 0.273. The van der Waals surface area contributed by atoms with Crippen molar-refractivity contribution in [2.75, 3.05) is 13.2 Å². The Hall–Kier alpha value is -0.860.